The van der Waals surface area contributed by atoms with E-state index in [-0.39, 0.29) is 13.1 Å². The summed E-state index contributed by atoms with van der Waals surface area (Å²) in [6, 6.07) is 0. The summed E-state index contributed by atoms with van der Waals surface area (Å²) in [7, 11) is 0. The summed E-state index contributed by atoms with van der Waals surface area (Å²) < 4.78 is 1.38. The van der Waals surface area contributed by atoms with E-state index >= 15 is 0 Å². The predicted molar refractivity (Wildman–Crippen MR) is 57.3 cm³/mol. The number of terminal acetylenes is 1. The lowest BCUT2D eigenvalue weighted by molar-refractivity contribution is -0.135. The number of carbonyl (C=O) groups is 1. The van der Waals surface area contributed by atoms with E-state index < -0.39 is 5.97 Å². The van der Waals surface area contributed by atoms with Gasteiger partial charge in [0, 0.05) is 0 Å². The molecule has 8 nitrogen and oxygen atoms in total. The van der Waals surface area contributed by atoms with Gasteiger partial charge >= 0.3 is 5.97 Å². The molecule has 0 aliphatic rings. The number of rotatable bonds is 4. The summed E-state index contributed by atoms with van der Waals surface area (Å²) in [5.41, 5.74) is 0.426. The average Bonchev–Trinajstić information content (AvgIpc) is 2.75. The first kappa shape index (κ1) is 10.8. The van der Waals surface area contributed by atoms with Gasteiger partial charge in [-0.25, -0.2) is 0 Å². The van der Waals surface area contributed by atoms with Gasteiger partial charge in [0.2, 0.25) is 0 Å². The Kier molecular flexibility index (Phi) is 2.83. The SMILES string of the molecule is C#CCN(CC(=O)O)c1cncc2nnnn12. The van der Waals surface area contributed by atoms with Crippen molar-refractivity contribution in [3.05, 3.63) is 12.4 Å². The van der Waals surface area contributed by atoms with E-state index in [1.807, 2.05) is 0 Å². The molecule has 0 aromatic carbocycles. The second-order valence-corrected chi connectivity index (χ2v) is 3.17. The number of aliphatic carboxylic acids is 1. The number of nitrogens with zero attached hydrogens (tertiary/aromatic N) is 6. The standard InChI is InChI=1S/C9H8N6O2/c1-2-3-14(6-9(16)17)8-5-10-4-7-11-12-13-15(7)8/h1,4-5H,3,6H2,(H,16,17). The minimum Gasteiger partial charge on any atom is -0.480 e. The molecule has 2 rings (SSSR count). The van der Waals surface area contributed by atoms with Crippen LogP contribution in [-0.2, 0) is 4.79 Å². The molecular formula is C9H8N6O2. The quantitative estimate of drug-likeness (QED) is 0.678. The third-order valence-electron chi connectivity index (χ3n) is 2.02. The van der Waals surface area contributed by atoms with Crippen LogP contribution in [0.15, 0.2) is 12.4 Å². The Morgan fingerprint density at radius 2 is 2.41 bits per heavy atom. The fraction of sp³-hybridized carbons (Fsp3) is 0.222. The molecule has 0 atom stereocenters. The molecule has 0 amide bonds. The van der Waals surface area contributed by atoms with E-state index in [9.17, 15) is 4.79 Å². The lowest BCUT2D eigenvalue weighted by Gasteiger charge is -2.19. The maximum Gasteiger partial charge on any atom is 0.323 e. The van der Waals surface area contributed by atoms with Crippen molar-refractivity contribution in [2.45, 2.75) is 0 Å². The van der Waals surface area contributed by atoms with Crippen molar-refractivity contribution in [2.24, 2.45) is 0 Å². The lowest BCUT2D eigenvalue weighted by Crippen LogP contribution is -2.31. The van der Waals surface area contributed by atoms with Crippen molar-refractivity contribution in [3.63, 3.8) is 0 Å². The topological polar surface area (TPSA) is 96.5 Å². The van der Waals surface area contributed by atoms with Gasteiger partial charge in [0.1, 0.15) is 6.54 Å². The molecule has 0 radical (unpaired) electrons. The van der Waals surface area contributed by atoms with Crippen molar-refractivity contribution in [1.82, 2.24) is 25.0 Å². The second-order valence-electron chi connectivity index (χ2n) is 3.17. The monoisotopic (exact) mass is 232 g/mol. The summed E-state index contributed by atoms with van der Waals surface area (Å²) in [6.07, 6.45) is 8.13. The number of hydrogen-bond donors (Lipinski definition) is 1. The fourth-order valence-electron chi connectivity index (χ4n) is 1.37. The van der Waals surface area contributed by atoms with E-state index in [1.165, 1.54) is 21.8 Å². The van der Waals surface area contributed by atoms with Gasteiger partial charge in [-0.2, -0.15) is 4.52 Å². The second kappa shape index (κ2) is 4.44. The van der Waals surface area contributed by atoms with Gasteiger partial charge in [0.05, 0.1) is 18.9 Å². The van der Waals surface area contributed by atoms with Crippen molar-refractivity contribution in [1.29, 1.82) is 0 Å². The minimum absolute atomic E-state index is 0.132. The van der Waals surface area contributed by atoms with Crippen molar-refractivity contribution in [3.8, 4) is 12.3 Å². The van der Waals surface area contributed by atoms with Gasteiger partial charge in [0.15, 0.2) is 11.5 Å². The van der Waals surface area contributed by atoms with Crippen LogP contribution in [0, 0.1) is 12.3 Å². The zero-order valence-electron chi connectivity index (χ0n) is 8.69. The van der Waals surface area contributed by atoms with Crippen LogP contribution in [0.2, 0.25) is 0 Å². The largest absolute Gasteiger partial charge is 0.480 e. The maximum absolute atomic E-state index is 10.7. The molecule has 2 heterocycles. The first-order valence-corrected chi connectivity index (χ1v) is 4.64. The Morgan fingerprint density at radius 1 is 1.59 bits per heavy atom. The van der Waals surface area contributed by atoms with Crippen LogP contribution in [-0.4, -0.2) is 49.2 Å². The van der Waals surface area contributed by atoms with E-state index in [1.54, 1.807) is 0 Å². The lowest BCUT2D eigenvalue weighted by atomic mass is 10.4. The van der Waals surface area contributed by atoms with E-state index in [0.29, 0.717) is 11.5 Å². The summed E-state index contributed by atoms with van der Waals surface area (Å²) >= 11 is 0. The number of fused-ring (bicyclic) bond motifs is 1. The first-order chi connectivity index (χ1) is 8.22. The molecule has 0 fully saturated rings. The highest BCUT2D eigenvalue weighted by Crippen LogP contribution is 2.11. The van der Waals surface area contributed by atoms with Crippen LogP contribution in [0.1, 0.15) is 0 Å². The third kappa shape index (κ3) is 2.12. The minimum atomic E-state index is -0.995. The Labute approximate surface area is 95.9 Å². The van der Waals surface area contributed by atoms with Crippen LogP contribution in [0.4, 0.5) is 5.82 Å². The zero-order valence-corrected chi connectivity index (χ0v) is 8.69. The molecule has 86 valence electrons. The van der Waals surface area contributed by atoms with Crippen LogP contribution in [0.5, 0.6) is 0 Å². The number of aromatic nitrogens is 5. The van der Waals surface area contributed by atoms with Gasteiger partial charge in [-0.05, 0) is 10.4 Å². The van der Waals surface area contributed by atoms with Gasteiger partial charge < -0.3 is 10.0 Å². The van der Waals surface area contributed by atoms with Crippen LogP contribution in [0.3, 0.4) is 0 Å². The molecule has 0 aliphatic carbocycles. The van der Waals surface area contributed by atoms with Crippen LogP contribution < -0.4 is 4.90 Å². The van der Waals surface area contributed by atoms with Gasteiger partial charge in [0.25, 0.3) is 0 Å². The highest BCUT2D eigenvalue weighted by atomic mass is 16.4. The van der Waals surface area contributed by atoms with Crippen molar-refractivity contribution in [2.75, 3.05) is 18.0 Å². The Bertz CT molecular complexity index is 586. The summed E-state index contributed by atoms with van der Waals surface area (Å²) in [5.74, 6) is 1.82. The zero-order chi connectivity index (χ0) is 12.3. The number of tetrazole rings is 1. The van der Waals surface area contributed by atoms with Crippen molar-refractivity contribution < 1.29 is 9.90 Å². The molecular weight excluding hydrogens is 224 g/mol. The molecule has 0 saturated heterocycles. The smallest absolute Gasteiger partial charge is 0.323 e. The Morgan fingerprint density at radius 3 is 3.12 bits per heavy atom. The average molecular weight is 232 g/mol. The molecule has 1 N–H and O–H groups in total. The van der Waals surface area contributed by atoms with E-state index in [2.05, 4.69) is 26.4 Å². The van der Waals surface area contributed by atoms with Gasteiger partial charge in [-0.3, -0.25) is 9.78 Å². The molecule has 0 saturated carbocycles. The van der Waals surface area contributed by atoms with Crippen LogP contribution >= 0.6 is 0 Å². The molecule has 17 heavy (non-hydrogen) atoms. The normalized spacial score (nSPS) is 10.1. The molecule has 2 aromatic heterocycles. The third-order valence-corrected chi connectivity index (χ3v) is 2.02. The fourth-order valence-corrected chi connectivity index (χ4v) is 1.37. The Balaban J connectivity index is 2.44. The molecule has 0 bridgehead atoms. The molecule has 2 aromatic rings. The number of hydrogen-bond acceptors (Lipinski definition) is 6. The summed E-state index contributed by atoms with van der Waals surface area (Å²) in [4.78, 5) is 16.1. The summed E-state index contributed by atoms with van der Waals surface area (Å²) in [6.45, 7) is -0.113. The molecule has 0 unspecified atom stereocenters. The number of carboxylic acids is 1. The maximum atomic E-state index is 10.7. The Hall–Kier alpha value is -2.69. The highest BCUT2D eigenvalue weighted by Gasteiger charge is 2.14. The van der Waals surface area contributed by atoms with Crippen molar-refractivity contribution >= 4 is 17.4 Å². The van der Waals surface area contributed by atoms with E-state index in [0.717, 1.165) is 0 Å². The highest BCUT2D eigenvalue weighted by molar-refractivity contribution is 5.73. The van der Waals surface area contributed by atoms with E-state index in [4.69, 9.17) is 11.5 Å². The molecule has 0 aliphatic heterocycles. The molecule has 0 spiro atoms. The van der Waals surface area contributed by atoms with Crippen LogP contribution in [0.25, 0.3) is 5.65 Å². The van der Waals surface area contributed by atoms with Gasteiger partial charge in [-0.1, -0.05) is 5.92 Å². The number of anilines is 1. The number of carboxylic acid groups (broad SMARTS) is 1. The first-order valence-electron chi connectivity index (χ1n) is 4.64. The van der Waals surface area contributed by atoms with Gasteiger partial charge in [-0.15, -0.1) is 11.5 Å². The molecule has 8 heteroatoms. The summed E-state index contributed by atoms with van der Waals surface area (Å²) in [5, 5.41) is 19.7. The predicted octanol–water partition coefficient (Wildman–Crippen LogP) is -0.956.